The molecule has 0 aliphatic heterocycles. The van der Waals surface area contributed by atoms with Crippen molar-refractivity contribution >= 4 is 0 Å². The van der Waals surface area contributed by atoms with Crippen LogP contribution in [-0.2, 0) is 0 Å². The highest BCUT2D eigenvalue weighted by molar-refractivity contribution is 4.57. The minimum Gasteiger partial charge on any atom is -0.211 e. The van der Waals surface area contributed by atoms with E-state index in [1.807, 2.05) is 0 Å². The topological polar surface area (TPSA) is 0 Å². The van der Waals surface area contributed by atoms with Crippen LogP contribution in [0.25, 0.3) is 0 Å². The van der Waals surface area contributed by atoms with Gasteiger partial charge in [-0.25, -0.2) is 17.6 Å². The van der Waals surface area contributed by atoms with Gasteiger partial charge in [-0.1, -0.05) is 0 Å². The van der Waals surface area contributed by atoms with Gasteiger partial charge in [0.2, 0.25) is 12.3 Å². The van der Waals surface area contributed by atoms with Gasteiger partial charge in [-0.2, -0.15) is 0 Å². The highest BCUT2D eigenvalue weighted by Gasteiger charge is 2.22. The van der Waals surface area contributed by atoms with Crippen molar-refractivity contribution in [1.82, 2.24) is 0 Å². The predicted octanol–water partition coefficient (Wildman–Crippen LogP) is 2.69. The summed E-state index contributed by atoms with van der Waals surface area (Å²) >= 11 is 0. The molecule has 0 rings (SSSR count). The van der Waals surface area contributed by atoms with Crippen molar-refractivity contribution in [3.63, 3.8) is 0 Å². The summed E-state index contributed by atoms with van der Waals surface area (Å²) in [6.45, 7) is 0.634. The summed E-state index contributed by atoms with van der Waals surface area (Å²) < 4.78 is 46.0. The number of halogens is 4. The normalized spacial score (nSPS) is 12.7. The Labute approximate surface area is 50.9 Å². The minimum absolute atomic E-state index is 0.634. The lowest BCUT2D eigenvalue weighted by Gasteiger charge is -2.07. The zero-order valence-electron chi connectivity index (χ0n) is 5.00. The van der Waals surface area contributed by atoms with Gasteiger partial charge in [-0.15, -0.1) is 0 Å². The fraction of sp³-hybridized carbons (Fsp3) is 1.00. The fourth-order valence-corrected chi connectivity index (χ4v) is 0.363. The summed E-state index contributed by atoms with van der Waals surface area (Å²) in [6, 6.07) is 0. The molecule has 0 spiro atoms. The van der Waals surface area contributed by atoms with E-state index in [4.69, 9.17) is 0 Å². The van der Waals surface area contributed by atoms with Crippen LogP contribution in [0.2, 0.25) is 0 Å². The zero-order chi connectivity index (χ0) is 7.49. The third-order valence-electron chi connectivity index (χ3n) is 0.802. The fourth-order valence-electron chi connectivity index (χ4n) is 0.363. The first-order valence-corrected chi connectivity index (χ1v) is 2.58. The molecule has 0 unspecified atom stereocenters. The quantitative estimate of drug-likeness (QED) is 0.534. The summed E-state index contributed by atoms with van der Waals surface area (Å²) in [4.78, 5) is 0. The van der Waals surface area contributed by atoms with Crippen LogP contribution >= 0.6 is 0 Å². The molecule has 0 aromatic heterocycles. The summed E-state index contributed by atoms with van der Waals surface area (Å²) in [6.07, 6.45) is -4.07. The summed E-state index contributed by atoms with van der Waals surface area (Å²) in [7, 11) is 0. The first-order chi connectivity index (χ1) is 3.92. The van der Waals surface area contributed by atoms with Crippen molar-refractivity contribution in [3.8, 4) is 0 Å². The lowest BCUT2D eigenvalue weighted by atomic mass is 10.2. The Kier molecular flexibility index (Phi) is 2.94. The van der Waals surface area contributed by atoms with Gasteiger partial charge in [-0.05, 0) is 6.92 Å². The van der Waals surface area contributed by atoms with Crippen LogP contribution < -0.4 is 0 Å². The number of hydrogen-bond donors (Lipinski definition) is 0. The summed E-state index contributed by atoms with van der Waals surface area (Å²) in [5.74, 6) is -2.95. The molecular formula is C5H8F4. The Morgan fingerprint density at radius 1 is 1.33 bits per heavy atom. The molecule has 0 N–H and O–H groups in total. The summed E-state index contributed by atoms with van der Waals surface area (Å²) in [5.41, 5.74) is 0. The number of alkyl halides is 4. The number of rotatable bonds is 3. The van der Waals surface area contributed by atoms with Gasteiger partial charge in [0.05, 0.1) is 0 Å². The predicted molar refractivity (Wildman–Crippen MR) is 25.9 cm³/mol. The van der Waals surface area contributed by atoms with Crippen molar-refractivity contribution in [1.29, 1.82) is 0 Å². The highest BCUT2D eigenvalue weighted by atomic mass is 19.3. The van der Waals surface area contributed by atoms with E-state index in [1.165, 1.54) is 0 Å². The van der Waals surface area contributed by atoms with E-state index in [0.717, 1.165) is 0 Å². The molecule has 0 heterocycles. The largest absolute Gasteiger partial charge is 0.245 e. The second kappa shape index (κ2) is 3.03. The van der Waals surface area contributed by atoms with Crippen LogP contribution in [0.4, 0.5) is 17.6 Å². The van der Waals surface area contributed by atoms with Crippen molar-refractivity contribution in [2.24, 2.45) is 0 Å². The van der Waals surface area contributed by atoms with E-state index in [1.54, 1.807) is 0 Å². The first kappa shape index (κ1) is 8.72. The molecule has 0 saturated carbocycles. The van der Waals surface area contributed by atoms with Gasteiger partial charge in [0, 0.05) is 12.8 Å². The van der Waals surface area contributed by atoms with Crippen LogP contribution in [-0.4, -0.2) is 12.3 Å². The van der Waals surface area contributed by atoms with Gasteiger partial charge in [-0.3, -0.25) is 0 Å². The van der Waals surface area contributed by atoms with Gasteiger partial charge < -0.3 is 0 Å². The average molecular weight is 144 g/mol. The molecule has 0 bridgehead atoms. The minimum atomic E-state index is -2.95. The molecule has 4 heteroatoms. The van der Waals surface area contributed by atoms with Crippen LogP contribution in [0.5, 0.6) is 0 Å². The average Bonchev–Trinajstić information content (AvgIpc) is 1.59. The van der Waals surface area contributed by atoms with Gasteiger partial charge in [0.15, 0.2) is 0 Å². The molecular weight excluding hydrogens is 136 g/mol. The third-order valence-corrected chi connectivity index (χ3v) is 0.802. The van der Waals surface area contributed by atoms with Crippen molar-refractivity contribution in [2.75, 3.05) is 0 Å². The molecule has 0 aliphatic carbocycles. The van der Waals surface area contributed by atoms with Crippen molar-refractivity contribution < 1.29 is 17.6 Å². The van der Waals surface area contributed by atoms with Crippen molar-refractivity contribution in [2.45, 2.75) is 32.1 Å². The maximum Gasteiger partial charge on any atom is 0.245 e. The molecule has 0 radical (unpaired) electrons. The maximum absolute atomic E-state index is 11.7. The second-order valence-electron chi connectivity index (χ2n) is 2.00. The Bertz CT molecular complexity index is 73.5. The smallest absolute Gasteiger partial charge is 0.211 e. The number of hydrogen-bond acceptors (Lipinski definition) is 0. The van der Waals surface area contributed by atoms with Crippen LogP contribution in [0, 0.1) is 0 Å². The lowest BCUT2D eigenvalue weighted by molar-refractivity contribution is -0.00675. The molecule has 56 valence electrons. The Hall–Kier alpha value is -0.280. The first-order valence-electron chi connectivity index (χ1n) is 2.58. The monoisotopic (exact) mass is 144 g/mol. The van der Waals surface area contributed by atoms with E-state index in [-0.39, 0.29) is 0 Å². The molecule has 0 aromatic rings. The van der Waals surface area contributed by atoms with E-state index < -0.39 is 25.2 Å². The van der Waals surface area contributed by atoms with Gasteiger partial charge >= 0.3 is 0 Å². The van der Waals surface area contributed by atoms with E-state index >= 15 is 0 Å². The molecule has 0 atom stereocenters. The standard InChI is InChI=1S/C5H8F4/c1-5(8,9)3-2-4(6)7/h4H,2-3H2,1H3. The molecule has 0 fully saturated rings. The molecule has 9 heavy (non-hydrogen) atoms. The molecule has 0 nitrogen and oxygen atoms in total. The van der Waals surface area contributed by atoms with Crippen LogP contribution in [0.1, 0.15) is 19.8 Å². The lowest BCUT2D eigenvalue weighted by Crippen LogP contribution is -2.10. The van der Waals surface area contributed by atoms with E-state index in [9.17, 15) is 17.6 Å². The molecule has 0 aliphatic rings. The Morgan fingerprint density at radius 2 is 1.78 bits per heavy atom. The SMILES string of the molecule is CC(F)(F)CCC(F)F. The molecule has 0 amide bonds. The third kappa shape index (κ3) is 7.72. The van der Waals surface area contributed by atoms with Gasteiger partial charge in [0.1, 0.15) is 0 Å². The zero-order valence-corrected chi connectivity index (χ0v) is 5.00. The highest BCUT2D eigenvalue weighted by Crippen LogP contribution is 2.20. The van der Waals surface area contributed by atoms with Crippen LogP contribution in [0.3, 0.4) is 0 Å². The maximum atomic E-state index is 11.7. The Morgan fingerprint density at radius 3 is 1.89 bits per heavy atom. The second-order valence-corrected chi connectivity index (χ2v) is 2.00. The van der Waals surface area contributed by atoms with E-state index in [0.29, 0.717) is 6.92 Å². The van der Waals surface area contributed by atoms with Gasteiger partial charge in [0.25, 0.3) is 0 Å². The van der Waals surface area contributed by atoms with E-state index in [2.05, 4.69) is 0 Å². The van der Waals surface area contributed by atoms with Crippen LogP contribution in [0.15, 0.2) is 0 Å². The van der Waals surface area contributed by atoms with Crippen molar-refractivity contribution in [3.05, 3.63) is 0 Å². The molecule has 0 aromatic carbocycles. The molecule has 0 saturated heterocycles. The Balaban J connectivity index is 3.28. The summed E-state index contributed by atoms with van der Waals surface area (Å²) in [5, 5.41) is 0.